The van der Waals surface area contributed by atoms with Crippen LogP contribution in [0.1, 0.15) is 24.0 Å². The van der Waals surface area contributed by atoms with Gasteiger partial charge in [0.25, 0.3) is 0 Å². The standard InChI is InChI=1S/C16H18FN5O2S/c17-16-4-3-13(7-18)6-15(16)10-25(23,24)22-5-1-2-14(9-22)8-21-12-19-11-20-21/h3-4,6,11-12,14H,1-2,5,8-10H2/t14-/m1/s1. The number of sulfonamides is 1. The van der Waals surface area contributed by atoms with E-state index in [1.807, 2.05) is 6.07 Å². The monoisotopic (exact) mass is 363 g/mol. The van der Waals surface area contributed by atoms with E-state index in [2.05, 4.69) is 10.1 Å². The van der Waals surface area contributed by atoms with Crippen LogP contribution in [-0.4, -0.2) is 40.6 Å². The molecule has 2 aromatic rings. The van der Waals surface area contributed by atoms with E-state index >= 15 is 0 Å². The second-order valence-corrected chi connectivity index (χ2v) is 8.13. The number of benzene rings is 1. The highest BCUT2D eigenvalue weighted by atomic mass is 32.2. The fraction of sp³-hybridized carbons (Fsp3) is 0.438. The van der Waals surface area contributed by atoms with Crippen LogP contribution >= 0.6 is 0 Å². The Kier molecular flexibility index (Phi) is 5.11. The molecular weight excluding hydrogens is 345 g/mol. The van der Waals surface area contributed by atoms with Gasteiger partial charge in [-0.3, -0.25) is 4.68 Å². The lowest BCUT2D eigenvalue weighted by molar-refractivity contribution is 0.239. The molecule has 3 rings (SSSR count). The van der Waals surface area contributed by atoms with Crippen LogP contribution in [0.5, 0.6) is 0 Å². The molecule has 1 atom stereocenters. The van der Waals surface area contributed by atoms with E-state index in [0.717, 1.165) is 18.9 Å². The topological polar surface area (TPSA) is 91.9 Å². The van der Waals surface area contributed by atoms with E-state index in [0.29, 0.717) is 19.6 Å². The van der Waals surface area contributed by atoms with Gasteiger partial charge in [0.1, 0.15) is 18.5 Å². The van der Waals surface area contributed by atoms with Crippen LogP contribution in [0.3, 0.4) is 0 Å². The van der Waals surface area contributed by atoms with Crippen molar-refractivity contribution in [3.05, 3.63) is 47.8 Å². The molecule has 0 bridgehead atoms. The van der Waals surface area contributed by atoms with E-state index < -0.39 is 21.6 Å². The number of nitrogens with zero attached hydrogens (tertiary/aromatic N) is 5. The molecule has 1 fully saturated rings. The lowest BCUT2D eigenvalue weighted by Gasteiger charge is -2.31. The minimum atomic E-state index is -3.66. The van der Waals surface area contributed by atoms with Crippen molar-refractivity contribution in [3.8, 4) is 6.07 Å². The molecule has 132 valence electrons. The van der Waals surface area contributed by atoms with Crippen molar-refractivity contribution in [1.82, 2.24) is 19.1 Å². The molecule has 1 aliphatic heterocycles. The van der Waals surface area contributed by atoms with E-state index in [9.17, 15) is 12.8 Å². The largest absolute Gasteiger partial charge is 0.253 e. The van der Waals surface area contributed by atoms with Crippen LogP contribution in [0.4, 0.5) is 4.39 Å². The summed E-state index contributed by atoms with van der Waals surface area (Å²) >= 11 is 0. The van der Waals surface area contributed by atoms with E-state index in [1.54, 1.807) is 11.0 Å². The fourth-order valence-electron chi connectivity index (χ4n) is 3.06. The van der Waals surface area contributed by atoms with Gasteiger partial charge in [-0.25, -0.2) is 22.1 Å². The third-order valence-corrected chi connectivity index (χ3v) is 6.09. The molecular formula is C16H18FN5O2S. The lowest BCUT2D eigenvalue weighted by Crippen LogP contribution is -2.41. The van der Waals surface area contributed by atoms with Crippen molar-refractivity contribution in [3.63, 3.8) is 0 Å². The van der Waals surface area contributed by atoms with Crippen LogP contribution in [0, 0.1) is 23.1 Å². The molecule has 7 nitrogen and oxygen atoms in total. The Balaban J connectivity index is 1.72. The summed E-state index contributed by atoms with van der Waals surface area (Å²) in [5.41, 5.74) is 0.270. The summed E-state index contributed by atoms with van der Waals surface area (Å²) in [5.74, 6) is -0.913. The maximum Gasteiger partial charge on any atom is 0.218 e. The zero-order chi connectivity index (χ0) is 17.9. The van der Waals surface area contributed by atoms with E-state index in [4.69, 9.17) is 5.26 Å². The van der Waals surface area contributed by atoms with Crippen molar-refractivity contribution in [2.45, 2.75) is 25.1 Å². The number of hydrogen-bond donors (Lipinski definition) is 0. The number of nitriles is 1. The summed E-state index contributed by atoms with van der Waals surface area (Å²) in [7, 11) is -3.66. The van der Waals surface area contributed by atoms with Crippen molar-refractivity contribution >= 4 is 10.0 Å². The average molecular weight is 363 g/mol. The number of rotatable bonds is 5. The maximum absolute atomic E-state index is 13.9. The molecule has 1 aliphatic rings. The summed E-state index contributed by atoms with van der Waals surface area (Å²) in [5, 5.41) is 13.0. The Hall–Kier alpha value is -2.31. The van der Waals surface area contributed by atoms with Crippen molar-refractivity contribution in [1.29, 1.82) is 5.26 Å². The number of piperidine rings is 1. The molecule has 9 heteroatoms. The van der Waals surface area contributed by atoms with E-state index in [1.165, 1.54) is 22.8 Å². The van der Waals surface area contributed by atoms with Crippen molar-refractivity contribution < 1.29 is 12.8 Å². The molecule has 0 amide bonds. The van der Waals surface area contributed by atoms with Gasteiger partial charge in [-0.1, -0.05) is 0 Å². The summed E-state index contributed by atoms with van der Waals surface area (Å²) in [6.45, 7) is 1.40. The van der Waals surface area contributed by atoms with Gasteiger partial charge in [-0.15, -0.1) is 0 Å². The molecule has 0 aliphatic carbocycles. The first-order valence-corrected chi connectivity index (χ1v) is 9.57. The van der Waals surface area contributed by atoms with Gasteiger partial charge in [0.05, 0.1) is 17.4 Å². The summed E-state index contributed by atoms with van der Waals surface area (Å²) in [6.07, 6.45) is 4.71. The molecule has 0 unspecified atom stereocenters. The van der Waals surface area contributed by atoms with Crippen molar-refractivity contribution in [2.24, 2.45) is 5.92 Å². The van der Waals surface area contributed by atoms with E-state index in [-0.39, 0.29) is 17.0 Å². The Labute approximate surface area is 145 Å². The number of aromatic nitrogens is 3. The number of halogens is 1. The lowest BCUT2D eigenvalue weighted by atomic mass is 10.00. The van der Waals surface area contributed by atoms with Crippen LogP contribution < -0.4 is 0 Å². The maximum atomic E-state index is 13.9. The van der Waals surface area contributed by atoms with Gasteiger partial charge in [0, 0.05) is 25.2 Å². The van der Waals surface area contributed by atoms with Gasteiger partial charge in [0.15, 0.2) is 0 Å². The zero-order valence-corrected chi connectivity index (χ0v) is 14.4. The second-order valence-electron chi connectivity index (χ2n) is 6.16. The molecule has 1 aromatic carbocycles. The van der Waals surface area contributed by atoms with Gasteiger partial charge in [0.2, 0.25) is 10.0 Å². The summed E-state index contributed by atoms with van der Waals surface area (Å²) < 4.78 is 42.4. The van der Waals surface area contributed by atoms with Gasteiger partial charge >= 0.3 is 0 Å². The molecule has 1 aromatic heterocycles. The minimum absolute atomic E-state index is 0.0254. The Morgan fingerprint density at radius 1 is 1.40 bits per heavy atom. The highest BCUT2D eigenvalue weighted by Crippen LogP contribution is 2.23. The van der Waals surface area contributed by atoms with Crippen molar-refractivity contribution in [2.75, 3.05) is 13.1 Å². The molecule has 0 saturated carbocycles. The molecule has 0 N–H and O–H groups in total. The molecule has 1 saturated heterocycles. The molecule has 25 heavy (non-hydrogen) atoms. The zero-order valence-electron chi connectivity index (χ0n) is 13.5. The van der Waals surface area contributed by atoms with Crippen LogP contribution in [0.25, 0.3) is 0 Å². The predicted octanol–water partition coefficient (Wildman–Crippen LogP) is 1.53. The Morgan fingerprint density at radius 2 is 2.24 bits per heavy atom. The SMILES string of the molecule is N#Cc1ccc(F)c(CS(=O)(=O)N2CCC[C@H](Cn3cncn3)C2)c1. The third-order valence-electron chi connectivity index (χ3n) is 4.30. The third kappa shape index (κ3) is 4.21. The second kappa shape index (κ2) is 7.29. The Bertz CT molecular complexity index is 876. The average Bonchev–Trinajstić information content (AvgIpc) is 3.10. The predicted molar refractivity (Wildman–Crippen MR) is 88.1 cm³/mol. The van der Waals surface area contributed by atoms with Crippen LogP contribution in [-0.2, 0) is 22.3 Å². The minimum Gasteiger partial charge on any atom is -0.253 e. The molecule has 2 heterocycles. The van der Waals surface area contributed by atoms with Gasteiger partial charge in [-0.2, -0.15) is 10.4 Å². The van der Waals surface area contributed by atoms with Crippen LogP contribution in [0.2, 0.25) is 0 Å². The van der Waals surface area contributed by atoms with Crippen LogP contribution in [0.15, 0.2) is 30.9 Å². The summed E-state index contributed by atoms with van der Waals surface area (Å²) in [6, 6.07) is 5.66. The molecule has 0 radical (unpaired) electrons. The molecule has 0 spiro atoms. The van der Waals surface area contributed by atoms with Gasteiger partial charge in [-0.05, 0) is 37.0 Å². The normalized spacial score (nSPS) is 18.8. The smallest absolute Gasteiger partial charge is 0.218 e. The quantitative estimate of drug-likeness (QED) is 0.803. The highest BCUT2D eigenvalue weighted by Gasteiger charge is 2.30. The summed E-state index contributed by atoms with van der Waals surface area (Å²) in [4.78, 5) is 3.89. The Morgan fingerprint density at radius 3 is 2.96 bits per heavy atom. The fourth-order valence-corrected chi connectivity index (χ4v) is 4.70. The van der Waals surface area contributed by atoms with Gasteiger partial charge < -0.3 is 0 Å². The first kappa shape index (κ1) is 17.5. The first-order valence-electron chi connectivity index (χ1n) is 7.96. The first-order chi connectivity index (χ1) is 12.0. The number of hydrogen-bond acceptors (Lipinski definition) is 5. The highest BCUT2D eigenvalue weighted by molar-refractivity contribution is 7.88.